The first-order valence-electron chi connectivity index (χ1n) is 10.4. The Morgan fingerprint density at radius 2 is 1.83 bits per heavy atom. The number of unbranched alkanes of at least 4 members (excludes halogenated alkanes) is 1. The molecule has 2 aromatic carbocycles. The summed E-state index contributed by atoms with van der Waals surface area (Å²) in [5.74, 6) is 1.21. The van der Waals surface area contributed by atoms with Gasteiger partial charge < -0.3 is 9.73 Å². The molecule has 1 heterocycles. The highest BCUT2D eigenvalue weighted by atomic mass is 35.5. The van der Waals surface area contributed by atoms with Crippen molar-refractivity contribution in [3.8, 4) is 11.3 Å². The van der Waals surface area contributed by atoms with Gasteiger partial charge in [0.1, 0.15) is 11.5 Å². The molecule has 1 amide bonds. The van der Waals surface area contributed by atoms with Gasteiger partial charge in [0.15, 0.2) is 0 Å². The monoisotopic (exact) mass is 421 g/mol. The summed E-state index contributed by atoms with van der Waals surface area (Å²) < 4.78 is 5.81. The van der Waals surface area contributed by atoms with Gasteiger partial charge in [0, 0.05) is 17.1 Å². The van der Waals surface area contributed by atoms with Gasteiger partial charge in [-0.25, -0.2) is 0 Å². The Labute approximate surface area is 183 Å². The molecule has 0 spiro atoms. The van der Waals surface area contributed by atoms with E-state index in [1.54, 1.807) is 6.07 Å². The predicted molar refractivity (Wildman–Crippen MR) is 125 cm³/mol. The second-order valence-electron chi connectivity index (χ2n) is 7.45. The van der Waals surface area contributed by atoms with Crippen LogP contribution < -0.4 is 5.32 Å². The zero-order valence-corrected chi connectivity index (χ0v) is 18.6. The van der Waals surface area contributed by atoms with Gasteiger partial charge in [0.05, 0.1) is 5.56 Å². The van der Waals surface area contributed by atoms with E-state index in [0.717, 1.165) is 41.2 Å². The molecule has 0 aliphatic rings. The van der Waals surface area contributed by atoms with Crippen molar-refractivity contribution in [2.45, 2.75) is 40.0 Å². The molecule has 0 saturated carbocycles. The largest absolute Gasteiger partial charge is 0.461 e. The molecular formula is C26H28ClNO2. The molecule has 0 radical (unpaired) electrons. The van der Waals surface area contributed by atoms with Crippen LogP contribution in [0, 0.1) is 13.8 Å². The number of carbonyl (C=O) groups is 1. The third-order valence-electron chi connectivity index (χ3n) is 5.04. The van der Waals surface area contributed by atoms with Crippen LogP contribution in [0.4, 0.5) is 0 Å². The second-order valence-corrected chi connectivity index (χ2v) is 7.89. The maximum Gasteiger partial charge on any atom is 0.255 e. The molecule has 3 nitrogen and oxygen atoms in total. The number of rotatable bonds is 8. The summed E-state index contributed by atoms with van der Waals surface area (Å²) in [5.41, 5.74) is 5.01. The predicted octanol–water partition coefficient (Wildman–Crippen LogP) is 7.22. The van der Waals surface area contributed by atoms with E-state index in [-0.39, 0.29) is 5.91 Å². The lowest BCUT2D eigenvalue weighted by molar-refractivity contribution is 0.0955. The first-order valence-corrected chi connectivity index (χ1v) is 10.8. The number of amides is 1. The van der Waals surface area contributed by atoms with E-state index in [0.29, 0.717) is 17.9 Å². The van der Waals surface area contributed by atoms with Crippen molar-refractivity contribution in [2.75, 3.05) is 6.54 Å². The zero-order chi connectivity index (χ0) is 21.5. The first kappa shape index (κ1) is 21.9. The quantitative estimate of drug-likeness (QED) is 0.417. The molecule has 156 valence electrons. The summed E-state index contributed by atoms with van der Waals surface area (Å²) in [5, 5.41) is 3.79. The highest BCUT2D eigenvalue weighted by Crippen LogP contribution is 2.28. The third kappa shape index (κ3) is 5.43. The van der Waals surface area contributed by atoms with Gasteiger partial charge in [-0.05, 0) is 61.6 Å². The van der Waals surface area contributed by atoms with Crippen molar-refractivity contribution in [1.29, 1.82) is 0 Å². The number of aryl methyl sites for hydroxylation is 2. The maximum absolute atomic E-state index is 12.9. The molecule has 0 aliphatic carbocycles. The topological polar surface area (TPSA) is 42.2 Å². The van der Waals surface area contributed by atoms with Gasteiger partial charge in [-0.2, -0.15) is 0 Å². The number of furan rings is 1. The van der Waals surface area contributed by atoms with E-state index in [1.807, 2.05) is 55.5 Å². The minimum atomic E-state index is -0.122. The van der Waals surface area contributed by atoms with E-state index in [2.05, 4.69) is 25.2 Å². The fraction of sp³-hybridized carbons (Fsp3) is 0.269. The summed E-state index contributed by atoms with van der Waals surface area (Å²) in [6.07, 6.45) is 5.06. The van der Waals surface area contributed by atoms with E-state index in [4.69, 9.17) is 16.0 Å². The highest BCUT2D eigenvalue weighted by Gasteiger charge is 2.18. The third-order valence-corrected chi connectivity index (χ3v) is 5.28. The molecular weight excluding hydrogens is 394 g/mol. The van der Waals surface area contributed by atoms with Crippen LogP contribution in [0.25, 0.3) is 16.9 Å². The molecule has 0 saturated heterocycles. The molecule has 1 N–H and O–H groups in total. The van der Waals surface area contributed by atoms with Crippen LogP contribution in [0.3, 0.4) is 0 Å². The molecule has 0 aliphatic heterocycles. The molecule has 30 heavy (non-hydrogen) atoms. The van der Waals surface area contributed by atoms with Gasteiger partial charge in [-0.3, -0.25) is 4.79 Å². The lowest BCUT2D eigenvalue weighted by Gasteiger charge is -2.13. The van der Waals surface area contributed by atoms with Crippen LogP contribution in [0.2, 0.25) is 5.02 Å². The normalized spacial score (nSPS) is 11.5. The summed E-state index contributed by atoms with van der Waals surface area (Å²) in [7, 11) is 0. The van der Waals surface area contributed by atoms with Gasteiger partial charge in [-0.1, -0.05) is 67.4 Å². The number of carbonyl (C=O) groups excluding carboxylic acids is 1. The van der Waals surface area contributed by atoms with Crippen molar-refractivity contribution < 1.29 is 9.21 Å². The Morgan fingerprint density at radius 3 is 2.57 bits per heavy atom. The Hall–Kier alpha value is -2.78. The molecule has 4 heteroatoms. The van der Waals surface area contributed by atoms with Crippen LogP contribution in [-0.2, 0) is 0 Å². The van der Waals surface area contributed by atoms with Crippen molar-refractivity contribution in [3.05, 3.63) is 88.1 Å². The van der Waals surface area contributed by atoms with E-state index in [9.17, 15) is 4.79 Å². The van der Waals surface area contributed by atoms with Crippen molar-refractivity contribution in [3.63, 3.8) is 0 Å². The summed E-state index contributed by atoms with van der Waals surface area (Å²) in [6.45, 7) is 6.65. The van der Waals surface area contributed by atoms with Crippen molar-refractivity contribution in [1.82, 2.24) is 5.32 Å². The smallest absolute Gasteiger partial charge is 0.255 e. The van der Waals surface area contributed by atoms with E-state index < -0.39 is 0 Å². The number of benzene rings is 2. The van der Waals surface area contributed by atoms with Crippen LogP contribution in [0.5, 0.6) is 0 Å². The average Bonchev–Trinajstić information content (AvgIpc) is 3.15. The molecule has 0 fully saturated rings. The fourth-order valence-corrected chi connectivity index (χ4v) is 3.67. The fourth-order valence-electron chi connectivity index (χ4n) is 3.50. The standard InChI is InChI=1S/C26H28ClNO2/c1-4-5-9-20(23-17-22(27)13-12-18(23)2)14-15-28-26(29)24-16-19(3)30-25(24)21-10-7-6-8-11-21/h6-13,16-17H,4-5,14-15H2,1-3H3,(H,28,29)/b20-9-. The Kier molecular flexibility index (Phi) is 7.53. The van der Waals surface area contributed by atoms with Gasteiger partial charge in [-0.15, -0.1) is 0 Å². The van der Waals surface area contributed by atoms with Crippen LogP contribution in [-0.4, -0.2) is 12.5 Å². The second kappa shape index (κ2) is 10.3. The maximum atomic E-state index is 12.9. The molecule has 0 unspecified atom stereocenters. The minimum Gasteiger partial charge on any atom is -0.461 e. The first-order chi connectivity index (χ1) is 14.5. The lowest BCUT2D eigenvalue weighted by Crippen LogP contribution is -2.24. The SMILES string of the molecule is CCC/C=C(/CCNC(=O)c1cc(C)oc1-c1ccccc1)c1cc(Cl)ccc1C. The number of nitrogens with one attached hydrogen (secondary N) is 1. The van der Waals surface area contributed by atoms with Gasteiger partial charge in [0.25, 0.3) is 5.91 Å². The number of hydrogen-bond acceptors (Lipinski definition) is 2. The molecule has 0 atom stereocenters. The summed E-state index contributed by atoms with van der Waals surface area (Å²) in [6, 6.07) is 17.5. The number of halogens is 1. The van der Waals surface area contributed by atoms with Gasteiger partial charge in [0.2, 0.25) is 0 Å². The van der Waals surface area contributed by atoms with Crippen LogP contribution >= 0.6 is 11.6 Å². The van der Waals surface area contributed by atoms with Crippen LogP contribution in [0.1, 0.15) is 53.4 Å². The number of allylic oxidation sites excluding steroid dienone is 1. The van der Waals surface area contributed by atoms with Crippen molar-refractivity contribution in [2.24, 2.45) is 0 Å². The summed E-state index contributed by atoms with van der Waals surface area (Å²) in [4.78, 5) is 12.9. The average molecular weight is 422 g/mol. The van der Waals surface area contributed by atoms with Crippen molar-refractivity contribution >= 4 is 23.1 Å². The highest BCUT2D eigenvalue weighted by molar-refractivity contribution is 6.30. The minimum absolute atomic E-state index is 0.122. The summed E-state index contributed by atoms with van der Waals surface area (Å²) >= 11 is 6.23. The van der Waals surface area contributed by atoms with Crippen LogP contribution in [0.15, 0.2) is 65.1 Å². The van der Waals surface area contributed by atoms with Gasteiger partial charge >= 0.3 is 0 Å². The van der Waals surface area contributed by atoms with E-state index >= 15 is 0 Å². The molecule has 3 rings (SSSR count). The lowest BCUT2D eigenvalue weighted by atomic mass is 9.96. The zero-order valence-electron chi connectivity index (χ0n) is 17.8. The van der Waals surface area contributed by atoms with E-state index in [1.165, 1.54) is 11.1 Å². The number of hydrogen-bond donors (Lipinski definition) is 1. The Bertz CT molecular complexity index is 1030. The molecule has 0 bridgehead atoms. The molecule has 3 aromatic rings. The Balaban J connectivity index is 1.73. The Morgan fingerprint density at radius 1 is 1.07 bits per heavy atom. The molecule has 1 aromatic heterocycles.